The Morgan fingerprint density at radius 3 is 2.06 bits per heavy atom. The van der Waals surface area contributed by atoms with E-state index >= 15 is 0 Å². The van der Waals surface area contributed by atoms with Gasteiger partial charge in [0.25, 0.3) is 0 Å². The Morgan fingerprint density at radius 1 is 1.12 bits per heavy atom. The van der Waals surface area contributed by atoms with Crippen molar-refractivity contribution >= 4 is 11.9 Å². The van der Waals surface area contributed by atoms with E-state index in [-0.39, 0.29) is 19.1 Å². The van der Waals surface area contributed by atoms with Crippen LogP contribution in [0.4, 0.5) is 13.2 Å². The minimum Gasteiger partial charge on any atom is -0.462 e. The molecule has 0 aromatic rings. The summed E-state index contributed by atoms with van der Waals surface area (Å²) in [7, 11) is 0. The van der Waals surface area contributed by atoms with Crippen molar-refractivity contribution in [1.82, 2.24) is 0 Å². The first-order valence-electron chi connectivity index (χ1n) is 4.61. The van der Waals surface area contributed by atoms with Crippen LogP contribution in [0.5, 0.6) is 0 Å². The first kappa shape index (κ1) is 14.7. The van der Waals surface area contributed by atoms with Crippen molar-refractivity contribution in [3.05, 3.63) is 0 Å². The number of carbonyl (C=O) groups is 2. The summed E-state index contributed by atoms with van der Waals surface area (Å²) in [5, 5.41) is 0. The highest BCUT2D eigenvalue weighted by Gasteiger charge is 2.32. The summed E-state index contributed by atoms with van der Waals surface area (Å²) < 4.78 is 43.8. The molecule has 0 rings (SSSR count). The third kappa shape index (κ3) is 8.07. The zero-order valence-electron chi connectivity index (χ0n) is 8.97. The molecule has 94 valence electrons. The number of esters is 2. The Labute approximate surface area is 90.7 Å². The Kier molecular flexibility index (Phi) is 5.84. The van der Waals surface area contributed by atoms with E-state index in [2.05, 4.69) is 9.47 Å². The molecule has 16 heavy (non-hydrogen) atoms. The van der Waals surface area contributed by atoms with Crippen LogP contribution in [-0.2, 0) is 19.1 Å². The highest BCUT2D eigenvalue weighted by atomic mass is 19.4. The number of rotatable bonds is 5. The Bertz CT molecular complexity index is 248. The Balaban J connectivity index is 3.60. The summed E-state index contributed by atoms with van der Waals surface area (Å²) in [6, 6.07) is 0. The molecule has 0 amide bonds. The number of halogens is 3. The molecule has 0 fully saturated rings. The third-order valence-corrected chi connectivity index (χ3v) is 1.41. The molecule has 0 saturated heterocycles. The van der Waals surface area contributed by atoms with Crippen LogP contribution in [0.25, 0.3) is 0 Å². The highest BCUT2D eigenvalue weighted by molar-refractivity contribution is 5.71. The lowest BCUT2D eigenvalue weighted by atomic mass is 10.2. The third-order valence-electron chi connectivity index (χ3n) is 1.41. The van der Waals surface area contributed by atoms with E-state index in [9.17, 15) is 22.8 Å². The van der Waals surface area contributed by atoms with Crippen molar-refractivity contribution in [2.24, 2.45) is 5.92 Å². The van der Waals surface area contributed by atoms with Crippen LogP contribution in [0.3, 0.4) is 0 Å². The van der Waals surface area contributed by atoms with Gasteiger partial charge in [0.05, 0.1) is 5.92 Å². The lowest BCUT2D eigenvalue weighted by Gasteiger charge is -2.08. The number of hydrogen-bond acceptors (Lipinski definition) is 4. The fourth-order valence-corrected chi connectivity index (χ4v) is 0.679. The van der Waals surface area contributed by atoms with E-state index < -0.39 is 24.5 Å². The van der Waals surface area contributed by atoms with Crippen LogP contribution >= 0.6 is 0 Å². The van der Waals surface area contributed by atoms with Gasteiger partial charge in [0, 0.05) is 0 Å². The molecular weight excluding hydrogens is 229 g/mol. The van der Waals surface area contributed by atoms with Crippen molar-refractivity contribution in [3.8, 4) is 0 Å². The lowest BCUT2D eigenvalue weighted by molar-refractivity contribution is -0.173. The molecule has 0 N–H and O–H groups in total. The normalized spacial score (nSPS) is 11.4. The topological polar surface area (TPSA) is 52.6 Å². The van der Waals surface area contributed by atoms with Gasteiger partial charge in [-0.25, -0.2) is 0 Å². The van der Waals surface area contributed by atoms with Gasteiger partial charge in [0.15, 0.2) is 0 Å². The number of alkyl halides is 3. The molecule has 7 heteroatoms. The smallest absolute Gasteiger partial charge is 0.399 e. The summed E-state index contributed by atoms with van der Waals surface area (Å²) in [6.45, 7) is 2.62. The fraction of sp³-hybridized carbons (Fsp3) is 0.778. The van der Waals surface area contributed by atoms with Crippen LogP contribution < -0.4 is 0 Å². The largest absolute Gasteiger partial charge is 0.462 e. The molecule has 0 aromatic carbocycles. The number of hydrogen-bond donors (Lipinski definition) is 0. The monoisotopic (exact) mass is 242 g/mol. The van der Waals surface area contributed by atoms with E-state index in [1.807, 2.05) is 0 Å². The SMILES string of the molecule is CC(C)C(=O)OCCOC(=O)CC(F)(F)F. The van der Waals surface area contributed by atoms with Crippen molar-refractivity contribution in [3.63, 3.8) is 0 Å². The molecule has 0 aromatic heterocycles. The average Bonchev–Trinajstić information content (AvgIpc) is 2.08. The molecule has 0 heterocycles. The van der Waals surface area contributed by atoms with E-state index in [1.54, 1.807) is 13.8 Å². The molecule has 0 spiro atoms. The summed E-state index contributed by atoms with van der Waals surface area (Å²) in [5.41, 5.74) is 0. The summed E-state index contributed by atoms with van der Waals surface area (Å²) in [4.78, 5) is 21.4. The van der Waals surface area contributed by atoms with Gasteiger partial charge in [-0.05, 0) is 0 Å². The summed E-state index contributed by atoms with van der Waals surface area (Å²) in [6.07, 6.45) is -6.21. The highest BCUT2D eigenvalue weighted by Crippen LogP contribution is 2.19. The van der Waals surface area contributed by atoms with Crippen LogP contribution in [0, 0.1) is 5.92 Å². The van der Waals surface area contributed by atoms with Crippen molar-refractivity contribution in [2.45, 2.75) is 26.4 Å². The van der Waals surface area contributed by atoms with Gasteiger partial charge in [-0.15, -0.1) is 0 Å². The number of ether oxygens (including phenoxy) is 2. The van der Waals surface area contributed by atoms with Crippen molar-refractivity contribution in [1.29, 1.82) is 0 Å². The molecule has 0 bridgehead atoms. The lowest BCUT2D eigenvalue weighted by Crippen LogP contribution is -2.20. The molecule has 0 atom stereocenters. The minimum absolute atomic E-state index is 0.236. The van der Waals surface area contributed by atoms with Gasteiger partial charge in [-0.1, -0.05) is 13.8 Å². The number of carbonyl (C=O) groups excluding carboxylic acids is 2. The van der Waals surface area contributed by atoms with Gasteiger partial charge in [0.1, 0.15) is 19.6 Å². The molecule has 0 saturated carbocycles. The quantitative estimate of drug-likeness (QED) is 0.543. The first-order valence-corrected chi connectivity index (χ1v) is 4.61. The summed E-state index contributed by atoms with van der Waals surface area (Å²) >= 11 is 0. The maximum absolute atomic E-state index is 11.7. The molecule has 0 aliphatic carbocycles. The van der Waals surface area contributed by atoms with Crippen LogP contribution in [0.1, 0.15) is 20.3 Å². The first-order chi connectivity index (χ1) is 7.22. The Hall–Kier alpha value is -1.27. The van der Waals surface area contributed by atoms with Crippen molar-refractivity contribution < 1.29 is 32.2 Å². The van der Waals surface area contributed by atoms with E-state index in [0.29, 0.717) is 0 Å². The molecule has 0 unspecified atom stereocenters. The van der Waals surface area contributed by atoms with E-state index in [0.717, 1.165) is 0 Å². The predicted octanol–water partition coefficient (Wildman–Crippen LogP) is 1.68. The fourth-order valence-electron chi connectivity index (χ4n) is 0.679. The van der Waals surface area contributed by atoms with Gasteiger partial charge >= 0.3 is 18.1 Å². The second-order valence-electron chi connectivity index (χ2n) is 3.33. The second-order valence-corrected chi connectivity index (χ2v) is 3.33. The van der Waals surface area contributed by atoms with E-state index in [4.69, 9.17) is 0 Å². The maximum atomic E-state index is 11.7. The minimum atomic E-state index is -4.58. The van der Waals surface area contributed by atoms with Gasteiger partial charge in [-0.2, -0.15) is 13.2 Å². The second kappa shape index (κ2) is 6.34. The van der Waals surface area contributed by atoms with Crippen molar-refractivity contribution in [2.75, 3.05) is 13.2 Å². The van der Waals surface area contributed by atoms with Gasteiger partial charge < -0.3 is 9.47 Å². The molecule has 0 aliphatic heterocycles. The molecular formula is C9H13F3O4. The maximum Gasteiger partial charge on any atom is 0.399 e. The van der Waals surface area contributed by atoms with Crippen LogP contribution in [-0.4, -0.2) is 31.3 Å². The molecule has 0 aliphatic rings. The van der Waals surface area contributed by atoms with Gasteiger partial charge in [0.2, 0.25) is 0 Å². The molecule has 4 nitrogen and oxygen atoms in total. The zero-order chi connectivity index (χ0) is 12.8. The Morgan fingerprint density at radius 2 is 1.62 bits per heavy atom. The molecule has 0 radical (unpaired) electrons. The van der Waals surface area contributed by atoms with Crippen LogP contribution in [0.15, 0.2) is 0 Å². The average molecular weight is 242 g/mol. The summed E-state index contributed by atoms with van der Waals surface area (Å²) in [5.74, 6) is -2.20. The van der Waals surface area contributed by atoms with Gasteiger partial charge in [-0.3, -0.25) is 9.59 Å². The predicted molar refractivity (Wildman–Crippen MR) is 47.4 cm³/mol. The zero-order valence-corrected chi connectivity index (χ0v) is 8.97. The van der Waals surface area contributed by atoms with Crippen LogP contribution in [0.2, 0.25) is 0 Å². The standard InChI is InChI=1S/C9H13F3O4/c1-6(2)8(14)16-4-3-15-7(13)5-9(10,11)12/h6H,3-5H2,1-2H3. The van der Waals surface area contributed by atoms with E-state index in [1.165, 1.54) is 0 Å².